The van der Waals surface area contributed by atoms with Gasteiger partial charge < -0.3 is 4.74 Å². The third kappa shape index (κ3) is 6.93. The molecule has 0 aromatic heterocycles. The molecule has 20 heavy (non-hydrogen) atoms. The molecule has 0 N–H and O–H groups in total. The number of benzene rings is 1. The topological polar surface area (TPSA) is 26.3 Å². The molecule has 1 unspecified atom stereocenters. The molecule has 0 aliphatic carbocycles. The van der Waals surface area contributed by atoms with Gasteiger partial charge >= 0.3 is 5.97 Å². The summed E-state index contributed by atoms with van der Waals surface area (Å²) in [5, 5.41) is 0. The maximum absolute atomic E-state index is 11.5. The van der Waals surface area contributed by atoms with Crippen molar-refractivity contribution in [3.8, 4) is 0 Å². The normalized spacial score (nSPS) is 13.2. The van der Waals surface area contributed by atoms with Crippen LogP contribution in [-0.2, 0) is 16.0 Å². The second kappa shape index (κ2) is 9.13. The summed E-state index contributed by atoms with van der Waals surface area (Å²) in [6.45, 7) is 6.68. The molecule has 0 amide bonds. The highest BCUT2D eigenvalue weighted by Crippen LogP contribution is 2.14. The fourth-order valence-electron chi connectivity index (χ4n) is 1.61. The van der Waals surface area contributed by atoms with Crippen LogP contribution in [0.1, 0.15) is 32.8 Å². The summed E-state index contributed by atoms with van der Waals surface area (Å²) in [6.07, 6.45) is 8.58. The van der Waals surface area contributed by atoms with Crippen LogP contribution in [0.25, 0.3) is 0 Å². The molecule has 0 saturated heterocycles. The number of carbonyl (C=O) groups is 1. The lowest BCUT2D eigenvalue weighted by Gasteiger charge is -2.11. The zero-order valence-corrected chi connectivity index (χ0v) is 12.6. The van der Waals surface area contributed by atoms with Crippen LogP contribution < -0.4 is 0 Å². The number of hydrogen-bond donors (Lipinski definition) is 0. The minimum Gasteiger partial charge on any atom is -0.434 e. The number of carbonyl (C=O) groups excluding carboxylic acids is 1. The minimum absolute atomic E-state index is 0.239. The first-order valence-corrected chi connectivity index (χ1v) is 7.14. The number of hydrogen-bond acceptors (Lipinski definition) is 2. The second-order valence-electron chi connectivity index (χ2n) is 5.37. The highest BCUT2D eigenvalue weighted by Gasteiger charge is 2.03. The molecule has 0 fully saturated rings. The molecule has 2 heteroatoms. The first kappa shape index (κ1) is 16.2. The van der Waals surface area contributed by atoms with E-state index in [0.29, 0.717) is 18.3 Å². The summed E-state index contributed by atoms with van der Waals surface area (Å²) in [6, 6.07) is 9.59. The van der Waals surface area contributed by atoms with Gasteiger partial charge in [-0.05, 0) is 29.9 Å². The average Bonchev–Trinajstić information content (AvgIpc) is 2.43. The minimum atomic E-state index is -0.239. The molecule has 0 aliphatic heterocycles. The molecule has 108 valence electrons. The van der Waals surface area contributed by atoms with Crippen LogP contribution in [0.15, 0.2) is 54.8 Å². The molecular formula is C18H24O2. The second-order valence-corrected chi connectivity index (χ2v) is 5.37. The maximum Gasteiger partial charge on any atom is 0.315 e. The van der Waals surface area contributed by atoms with Gasteiger partial charge in [-0.25, -0.2) is 0 Å². The van der Waals surface area contributed by atoms with Crippen molar-refractivity contribution in [1.29, 1.82) is 0 Å². The molecule has 1 rings (SSSR count). The predicted octanol–water partition coefficient (Wildman–Crippen LogP) is 4.52. The Bertz CT molecular complexity index is 444. The third-order valence-corrected chi connectivity index (χ3v) is 3.36. The Morgan fingerprint density at radius 1 is 1.15 bits per heavy atom. The van der Waals surface area contributed by atoms with Crippen LogP contribution in [0.4, 0.5) is 0 Å². The first-order valence-electron chi connectivity index (χ1n) is 7.14. The maximum atomic E-state index is 11.5. The molecule has 1 aromatic rings. The van der Waals surface area contributed by atoms with Crippen LogP contribution >= 0.6 is 0 Å². The summed E-state index contributed by atoms with van der Waals surface area (Å²) in [7, 11) is 0. The van der Waals surface area contributed by atoms with Crippen molar-refractivity contribution < 1.29 is 9.53 Å². The summed E-state index contributed by atoms with van der Waals surface area (Å²) >= 11 is 0. The van der Waals surface area contributed by atoms with E-state index in [1.807, 2.05) is 36.4 Å². The van der Waals surface area contributed by atoms with Crippen molar-refractivity contribution in [3.63, 3.8) is 0 Å². The summed E-state index contributed by atoms with van der Waals surface area (Å²) < 4.78 is 5.03. The van der Waals surface area contributed by atoms with E-state index in [4.69, 9.17) is 4.74 Å². The molecule has 0 radical (unpaired) electrons. The monoisotopic (exact) mass is 272 g/mol. The van der Waals surface area contributed by atoms with Gasteiger partial charge in [0.15, 0.2) is 0 Å². The van der Waals surface area contributed by atoms with Crippen molar-refractivity contribution in [2.24, 2.45) is 11.8 Å². The van der Waals surface area contributed by atoms with E-state index in [1.165, 1.54) is 6.26 Å². The molecule has 0 aliphatic rings. The smallest absolute Gasteiger partial charge is 0.315 e. The van der Waals surface area contributed by atoms with Crippen molar-refractivity contribution in [2.45, 2.75) is 33.6 Å². The Labute approximate surface area is 122 Å². The molecule has 0 heterocycles. The highest BCUT2D eigenvalue weighted by molar-refractivity contribution is 5.73. The van der Waals surface area contributed by atoms with E-state index in [0.717, 1.165) is 12.0 Å². The number of esters is 1. The lowest BCUT2D eigenvalue weighted by Crippen LogP contribution is -2.03. The molecule has 0 saturated carbocycles. The highest BCUT2D eigenvalue weighted by atomic mass is 16.5. The Balaban J connectivity index is 2.24. The van der Waals surface area contributed by atoms with Gasteiger partial charge in [-0.2, -0.15) is 0 Å². The standard InChI is InChI=1S/C18H24O2/c1-15(2)16(3)10-6-5-9-13-20-18(19)14-17-11-7-4-8-12-17/h4-9,11-13,15-16H,10,14H2,1-3H3/b6-5+,13-9+. The van der Waals surface area contributed by atoms with Crippen molar-refractivity contribution in [3.05, 3.63) is 60.4 Å². The van der Waals surface area contributed by atoms with Gasteiger partial charge in [0.05, 0.1) is 12.7 Å². The largest absolute Gasteiger partial charge is 0.434 e. The van der Waals surface area contributed by atoms with Crippen molar-refractivity contribution >= 4 is 5.97 Å². The van der Waals surface area contributed by atoms with Gasteiger partial charge in [0.2, 0.25) is 0 Å². The zero-order chi connectivity index (χ0) is 14.8. The van der Waals surface area contributed by atoms with E-state index in [2.05, 4.69) is 26.8 Å². The van der Waals surface area contributed by atoms with Crippen LogP contribution in [0, 0.1) is 11.8 Å². The lowest BCUT2D eigenvalue weighted by molar-refractivity contribution is -0.137. The third-order valence-electron chi connectivity index (χ3n) is 3.36. The number of allylic oxidation sites excluding steroid dienone is 3. The summed E-state index contributed by atoms with van der Waals surface area (Å²) in [5.74, 6) is 1.11. The van der Waals surface area contributed by atoms with Gasteiger partial charge in [0.1, 0.15) is 0 Å². The fraction of sp³-hybridized carbons (Fsp3) is 0.389. The molecule has 0 spiro atoms. The van der Waals surface area contributed by atoms with Crippen LogP contribution in [0.2, 0.25) is 0 Å². The van der Waals surface area contributed by atoms with E-state index in [9.17, 15) is 4.79 Å². The van der Waals surface area contributed by atoms with Gasteiger partial charge in [-0.3, -0.25) is 4.79 Å². The van der Waals surface area contributed by atoms with E-state index >= 15 is 0 Å². The molecule has 1 atom stereocenters. The quantitative estimate of drug-likeness (QED) is 0.414. The fourth-order valence-corrected chi connectivity index (χ4v) is 1.61. The molecular weight excluding hydrogens is 248 g/mol. The van der Waals surface area contributed by atoms with Crippen molar-refractivity contribution in [1.82, 2.24) is 0 Å². The van der Waals surface area contributed by atoms with Gasteiger partial charge in [-0.1, -0.05) is 63.3 Å². The van der Waals surface area contributed by atoms with E-state index in [-0.39, 0.29) is 5.97 Å². The number of ether oxygens (including phenoxy) is 1. The van der Waals surface area contributed by atoms with Gasteiger partial charge in [0, 0.05) is 0 Å². The van der Waals surface area contributed by atoms with E-state index < -0.39 is 0 Å². The lowest BCUT2D eigenvalue weighted by atomic mass is 9.95. The Hall–Kier alpha value is -1.83. The van der Waals surface area contributed by atoms with E-state index in [1.54, 1.807) is 6.08 Å². The van der Waals surface area contributed by atoms with Gasteiger partial charge in [0.25, 0.3) is 0 Å². The SMILES string of the molecule is CC(C)C(C)C/C=C/C=C/OC(=O)Cc1ccccc1. The molecule has 2 nitrogen and oxygen atoms in total. The molecule has 0 bridgehead atoms. The Morgan fingerprint density at radius 2 is 1.85 bits per heavy atom. The van der Waals surface area contributed by atoms with Crippen LogP contribution in [0.3, 0.4) is 0 Å². The average molecular weight is 272 g/mol. The summed E-state index contributed by atoms with van der Waals surface area (Å²) in [4.78, 5) is 11.5. The van der Waals surface area contributed by atoms with Crippen LogP contribution in [-0.4, -0.2) is 5.97 Å². The van der Waals surface area contributed by atoms with Crippen molar-refractivity contribution in [2.75, 3.05) is 0 Å². The van der Waals surface area contributed by atoms with Gasteiger partial charge in [-0.15, -0.1) is 0 Å². The predicted molar refractivity (Wildman–Crippen MR) is 83.1 cm³/mol. The Kier molecular flexibility index (Phi) is 7.41. The zero-order valence-electron chi connectivity index (χ0n) is 12.6. The summed E-state index contributed by atoms with van der Waals surface area (Å²) in [5.41, 5.74) is 0.965. The Morgan fingerprint density at radius 3 is 2.50 bits per heavy atom. The molecule has 1 aromatic carbocycles. The van der Waals surface area contributed by atoms with Crippen LogP contribution in [0.5, 0.6) is 0 Å². The number of rotatable bonds is 7. The first-order chi connectivity index (χ1) is 9.59.